The van der Waals surface area contributed by atoms with Crippen molar-refractivity contribution < 1.29 is 4.79 Å². The van der Waals surface area contributed by atoms with E-state index in [1.807, 2.05) is 42.0 Å². The zero-order valence-electron chi connectivity index (χ0n) is 10.3. The molecule has 92 valence electrons. The molecule has 0 aliphatic heterocycles. The number of hydrogen-bond acceptors (Lipinski definition) is 5. The van der Waals surface area contributed by atoms with Crippen molar-refractivity contribution in [2.24, 2.45) is 0 Å². The van der Waals surface area contributed by atoms with E-state index in [0.29, 0.717) is 5.69 Å². The molecule has 2 aromatic rings. The number of fused-ring (bicyclic) bond motifs is 1. The van der Waals surface area contributed by atoms with Gasteiger partial charge in [-0.2, -0.15) is 0 Å². The van der Waals surface area contributed by atoms with Crippen molar-refractivity contribution >= 4 is 28.4 Å². The van der Waals surface area contributed by atoms with Gasteiger partial charge in [0.1, 0.15) is 5.69 Å². The van der Waals surface area contributed by atoms with Crippen LogP contribution < -0.4 is 4.90 Å². The second-order valence-corrected chi connectivity index (χ2v) is 5.09. The molecule has 0 aliphatic rings. The predicted molar refractivity (Wildman–Crippen MR) is 70.3 cm³/mol. The molecule has 0 radical (unpaired) electrons. The SMILES string of the molecule is CN(C)CCN(C)c1nc2sccn2c1C=O. The van der Waals surface area contributed by atoms with Gasteiger partial charge in [-0.25, -0.2) is 4.98 Å². The number of aromatic nitrogens is 2. The lowest BCUT2D eigenvalue weighted by atomic mass is 10.4. The van der Waals surface area contributed by atoms with Gasteiger partial charge in [0.2, 0.25) is 0 Å². The summed E-state index contributed by atoms with van der Waals surface area (Å²) in [5.41, 5.74) is 0.627. The molecule has 6 heteroatoms. The molecule has 0 unspecified atom stereocenters. The fourth-order valence-electron chi connectivity index (χ4n) is 1.64. The van der Waals surface area contributed by atoms with Gasteiger partial charge in [0.05, 0.1) is 0 Å². The van der Waals surface area contributed by atoms with Crippen LogP contribution in [-0.4, -0.2) is 54.8 Å². The van der Waals surface area contributed by atoms with Crippen LogP contribution in [0, 0.1) is 0 Å². The summed E-state index contributed by atoms with van der Waals surface area (Å²) in [4.78, 5) is 20.6. The molecule has 0 N–H and O–H groups in total. The Hall–Kier alpha value is -1.40. The van der Waals surface area contributed by atoms with Crippen molar-refractivity contribution in [1.82, 2.24) is 14.3 Å². The molecule has 17 heavy (non-hydrogen) atoms. The number of carbonyl (C=O) groups excluding carboxylic acids is 1. The molecule has 0 aliphatic carbocycles. The van der Waals surface area contributed by atoms with Crippen molar-refractivity contribution in [3.05, 3.63) is 17.3 Å². The average molecular weight is 252 g/mol. The van der Waals surface area contributed by atoms with Crippen LogP contribution in [0.5, 0.6) is 0 Å². The van der Waals surface area contributed by atoms with E-state index in [-0.39, 0.29) is 0 Å². The summed E-state index contributed by atoms with van der Waals surface area (Å²) in [6.07, 6.45) is 2.74. The van der Waals surface area contributed by atoms with Crippen LogP contribution in [0.1, 0.15) is 10.5 Å². The third-order valence-electron chi connectivity index (χ3n) is 2.64. The smallest absolute Gasteiger partial charge is 0.196 e. The first-order valence-corrected chi connectivity index (χ1v) is 6.28. The van der Waals surface area contributed by atoms with Crippen molar-refractivity contribution in [2.45, 2.75) is 0 Å². The molecular weight excluding hydrogens is 236 g/mol. The second-order valence-electron chi connectivity index (χ2n) is 4.22. The number of thiazole rings is 1. The highest BCUT2D eigenvalue weighted by molar-refractivity contribution is 7.15. The molecule has 0 saturated carbocycles. The monoisotopic (exact) mass is 252 g/mol. The van der Waals surface area contributed by atoms with Gasteiger partial charge in [0.15, 0.2) is 17.1 Å². The minimum absolute atomic E-state index is 0.627. The standard InChI is InChI=1S/C11H16N4OS/c1-13(2)4-5-14(3)10-9(8-16)15-6-7-17-11(15)12-10/h6-8H,4-5H2,1-3H3. The Morgan fingerprint density at radius 1 is 1.41 bits per heavy atom. The highest BCUT2D eigenvalue weighted by Gasteiger charge is 2.15. The van der Waals surface area contributed by atoms with Crippen molar-refractivity contribution in [3.63, 3.8) is 0 Å². The van der Waals surface area contributed by atoms with E-state index in [2.05, 4.69) is 9.88 Å². The Labute approximate surface area is 104 Å². The topological polar surface area (TPSA) is 40.9 Å². The fraction of sp³-hybridized carbons (Fsp3) is 0.455. The van der Waals surface area contributed by atoms with Gasteiger partial charge in [0.25, 0.3) is 0 Å². The van der Waals surface area contributed by atoms with Crippen LogP contribution in [0.2, 0.25) is 0 Å². The first-order chi connectivity index (χ1) is 8.13. The first kappa shape index (κ1) is 12.1. The summed E-state index contributed by atoms with van der Waals surface area (Å²) in [6, 6.07) is 0. The molecule has 0 aromatic carbocycles. The lowest BCUT2D eigenvalue weighted by Gasteiger charge is -2.19. The van der Waals surface area contributed by atoms with Gasteiger partial charge in [0, 0.05) is 31.7 Å². The van der Waals surface area contributed by atoms with E-state index in [9.17, 15) is 4.79 Å². The Morgan fingerprint density at radius 3 is 2.82 bits per heavy atom. The predicted octanol–water partition coefficient (Wildman–Crippen LogP) is 1.21. The first-order valence-electron chi connectivity index (χ1n) is 5.40. The maximum atomic E-state index is 11.1. The van der Waals surface area contributed by atoms with Crippen LogP contribution in [-0.2, 0) is 0 Å². The van der Waals surface area contributed by atoms with Crippen LogP contribution in [0.15, 0.2) is 11.6 Å². The summed E-state index contributed by atoms with van der Waals surface area (Å²) in [6.45, 7) is 1.78. The molecule has 0 bridgehead atoms. The number of aldehydes is 1. The highest BCUT2D eigenvalue weighted by atomic mass is 32.1. The quantitative estimate of drug-likeness (QED) is 0.750. The maximum absolute atomic E-state index is 11.1. The average Bonchev–Trinajstić information content (AvgIpc) is 2.84. The van der Waals surface area contributed by atoms with E-state index in [1.54, 1.807) is 0 Å². The third-order valence-corrected chi connectivity index (χ3v) is 3.39. The molecule has 2 rings (SSSR count). The summed E-state index contributed by atoms with van der Waals surface area (Å²) >= 11 is 1.54. The lowest BCUT2D eigenvalue weighted by molar-refractivity contribution is 0.111. The van der Waals surface area contributed by atoms with Crippen LogP contribution in [0.3, 0.4) is 0 Å². The second kappa shape index (κ2) is 4.85. The van der Waals surface area contributed by atoms with Gasteiger partial charge in [-0.3, -0.25) is 9.20 Å². The zero-order chi connectivity index (χ0) is 12.4. The van der Waals surface area contributed by atoms with E-state index < -0.39 is 0 Å². The largest absolute Gasteiger partial charge is 0.356 e. The Bertz CT molecular complexity index is 516. The summed E-state index contributed by atoms with van der Waals surface area (Å²) in [5.74, 6) is 0.758. The molecule has 0 spiro atoms. The van der Waals surface area contributed by atoms with Crippen molar-refractivity contribution in [1.29, 1.82) is 0 Å². The molecule has 2 aromatic heterocycles. The Morgan fingerprint density at radius 2 is 2.18 bits per heavy atom. The van der Waals surface area contributed by atoms with Gasteiger partial charge < -0.3 is 9.80 Å². The molecule has 0 fully saturated rings. The van der Waals surface area contributed by atoms with Crippen LogP contribution in [0.25, 0.3) is 4.96 Å². The van der Waals surface area contributed by atoms with Gasteiger partial charge in [-0.15, -0.1) is 11.3 Å². The number of likely N-dealkylation sites (N-methyl/N-ethyl adjacent to an activating group) is 2. The maximum Gasteiger partial charge on any atom is 0.196 e. The molecule has 2 heterocycles. The van der Waals surface area contributed by atoms with E-state index in [0.717, 1.165) is 30.2 Å². The number of imidazole rings is 1. The van der Waals surface area contributed by atoms with Crippen LogP contribution >= 0.6 is 11.3 Å². The fourth-order valence-corrected chi connectivity index (χ4v) is 2.35. The lowest BCUT2D eigenvalue weighted by Crippen LogP contribution is -2.29. The van der Waals surface area contributed by atoms with Crippen molar-refractivity contribution in [3.8, 4) is 0 Å². The Kier molecular flexibility index (Phi) is 3.44. The number of hydrogen-bond donors (Lipinski definition) is 0. The normalized spacial score (nSPS) is 11.3. The molecule has 0 saturated heterocycles. The minimum Gasteiger partial charge on any atom is -0.356 e. The third kappa shape index (κ3) is 2.32. The summed E-state index contributed by atoms with van der Waals surface area (Å²) in [7, 11) is 6.02. The van der Waals surface area contributed by atoms with Gasteiger partial charge >= 0.3 is 0 Å². The molecule has 5 nitrogen and oxygen atoms in total. The number of anilines is 1. The van der Waals surface area contributed by atoms with Gasteiger partial charge in [-0.05, 0) is 14.1 Å². The van der Waals surface area contributed by atoms with Crippen molar-refractivity contribution in [2.75, 3.05) is 39.1 Å². The van der Waals surface area contributed by atoms with E-state index in [1.165, 1.54) is 11.3 Å². The van der Waals surface area contributed by atoms with Crippen LogP contribution in [0.4, 0.5) is 5.82 Å². The number of carbonyl (C=O) groups is 1. The molecule has 0 amide bonds. The molecule has 0 atom stereocenters. The highest BCUT2D eigenvalue weighted by Crippen LogP contribution is 2.22. The van der Waals surface area contributed by atoms with E-state index in [4.69, 9.17) is 0 Å². The number of rotatable bonds is 5. The summed E-state index contributed by atoms with van der Waals surface area (Å²) in [5, 5.41) is 1.93. The zero-order valence-corrected chi connectivity index (χ0v) is 11.1. The number of nitrogens with zero attached hydrogens (tertiary/aromatic N) is 4. The summed E-state index contributed by atoms with van der Waals surface area (Å²) < 4.78 is 1.83. The minimum atomic E-state index is 0.627. The van der Waals surface area contributed by atoms with E-state index >= 15 is 0 Å². The molecular formula is C11H16N4OS. The Balaban J connectivity index is 2.27. The van der Waals surface area contributed by atoms with Gasteiger partial charge in [-0.1, -0.05) is 0 Å².